The summed E-state index contributed by atoms with van der Waals surface area (Å²) in [6, 6.07) is 0. The van der Waals surface area contributed by atoms with Crippen molar-refractivity contribution in [3.8, 4) is 0 Å². The maximum Gasteiger partial charge on any atom is 0.187 e. The van der Waals surface area contributed by atoms with Crippen LogP contribution >= 0.6 is 0 Å². The first kappa shape index (κ1) is 36.6. The van der Waals surface area contributed by atoms with Crippen LogP contribution in [0.1, 0.15) is 82.1 Å². The third-order valence-corrected chi connectivity index (χ3v) is 8.31. The quantitative estimate of drug-likeness (QED) is 0.247. The molecule has 4 nitrogen and oxygen atoms in total. The number of hydrogen-bond donors (Lipinski definition) is 2. The third-order valence-electron chi connectivity index (χ3n) is 8.31. The van der Waals surface area contributed by atoms with Crippen LogP contribution in [0.2, 0.25) is 0 Å². The van der Waals surface area contributed by atoms with Crippen LogP contribution in [0.25, 0.3) is 0 Å². The van der Waals surface area contributed by atoms with Gasteiger partial charge in [0.15, 0.2) is 11.6 Å². The van der Waals surface area contributed by atoms with Gasteiger partial charge < -0.3 is 10.2 Å². The van der Waals surface area contributed by atoms with E-state index in [0.717, 1.165) is 33.4 Å². The van der Waals surface area contributed by atoms with E-state index in [1.807, 2.05) is 74.6 Å². The van der Waals surface area contributed by atoms with Crippen LogP contribution in [0.3, 0.4) is 0 Å². The molecule has 2 atom stereocenters. The highest BCUT2D eigenvalue weighted by molar-refractivity contribution is 6.01. The summed E-state index contributed by atoms with van der Waals surface area (Å²) >= 11 is 0. The molecule has 4 heteroatoms. The van der Waals surface area contributed by atoms with Crippen molar-refractivity contribution in [2.75, 3.05) is 0 Å². The molecule has 0 amide bonds. The lowest BCUT2D eigenvalue weighted by molar-refractivity contribution is -0.126. The fourth-order valence-corrected chi connectivity index (χ4v) is 5.62. The van der Waals surface area contributed by atoms with Gasteiger partial charge in [-0.3, -0.25) is 9.59 Å². The molecule has 0 aromatic carbocycles. The van der Waals surface area contributed by atoms with Gasteiger partial charge in [-0.15, -0.1) is 0 Å². The molecule has 0 bridgehead atoms. The standard InChI is InChI=1S/C40H52O4/c1-27(17-13-19-29(3)21-23-33-31(5)37(43)35(41)25-39(33,7)8)15-11-12-16-28(2)18-14-20-30(4)22-24-34-32(6)38(44)36(42)26-40(34,9)10/h11-24,35-36,41-42H,25-26H2,1-10H3/b12-11-,17-13+,18-14+,23-21+,24-22+,27-15-,28-16-,29-19-,30-20-. The molecular formula is C40H52O4. The highest BCUT2D eigenvalue weighted by Gasteiger charge is 2.37. The molecular weight excluding hydrogens is 544 g/mol. The van der Waals surface area contributed by atoms with Crippen LogP contribution in [0, 0.1) is 10.8 Å². The minimum absolute atomic E-state index is 0.175. The number of aliphatic hydroxyl groups is 2. The van der Waals surface area contributed by atoms with Crippen molar-refractivity contribution >= 4 is 11.6 Å². The van der Waals surface area contributed by atoms with Gasteiger partial charge in [-0.2, -0.15) is 0 Å². The van der Waals surface area contributed by atoms with Crippen LogP contribution in [0.4, 0.5) is 0 Å². The Hall–Kier alpha value is -3.60. The molecule has 2 rings (SSSR count). The molecule has 0 radical (unpaired) electrons. The number of carbonyl (C=O) groups is 2. The second-order valence-corrected chi connectivity index (χ2v) is 13.4. The zero-order chi connectivity index (χ0) is 33.2. The highest BCUT2D eigenvalue weighted by atomic mass is 16.3. The van der Waals surface area contributed by atoms with Crippen LogP contribution in [0.5, 0.6) is 0 Å². The van der Waals surface area contributed by atoms with Crippen molar-refractivity contribution in [2.24, 2.45) is 10.8 Å². The van der Waals surface area contributed by atoms with E-state index in [2.05, 4.69) is 65.8 Å². The first-order valence-electron chi connectivity index (χ1n) is 15.4. The zero-order valence-corrected chi connectivity index (χ0v) is 28.4. The summed E-state index contributed by atoms with van der Waals surface area (Å²) in [5.41, 5.74) is 7.16. The number of carbonyl (C=O) groups excluding carboxylic acids is 2. The SMILES string of the molecule is CC1=C(/C=C/C(C)=C\C=C\C(C)=C/C=C\C=C(C)/C=C/C=C(C)\C=C\C2=C(C)C(=O)C(O)CC2(C)C)C(C)(C)CC(O)C1=O. The number of Topliss-reactive ketones (excluding diaryl/α,β-unsaturated/α-hetero) is 2. The van der Waals surface area contributed by atoms with Crippen LogP contribution in [-0.2, 0) is 9.59 Å². The zero-order valence-electron chi connectivity index (χ0n) is 28.4. The van der Waals surface area contributed by atoms with Gasteiger partial charge in [-0.05, 0) is 87.5 Å². The van der Waals surface area contributed by atoms with E-state index in [4.69, 9.17) is 0 Å². The molecule has 0 aromatic heterocycles. The normalized spacial score (nSPS) is 24.5. The lowest BCUT2D eigenvalue weighted by Gasteiger charge is -2.34. The number of rotatable bonds is 10. The minimum Gasteiger partial charge on any atom is -0.385 e. The Labute approximate surface area is 265 Å². The molecule has 2 unspecified atom stereocenters. The monoisotopic (exact) mass is 596 g/mol. The van der Waals surface area contributed by atoms with Crippen molar-refractivity contribution in [3.05, 3.63) is 130 Å². The molecule has 0 saturated carbocycles. The van der Waals surface area contributed by atoms with Gasteiger partial charge in [-0.1, -0.05) is 135 Å². The number of hydrogen-bond acceptors (Lipinski definition) is 4. The van der Waals surface area contributed by atoms with Gasteiger partial charge in [0.25, 0.3) is 0 Å². The van der Waals surface area contributed by atoms with E-state index in [1.165, 1.54) is 0 Å². The summed E-state index contributed by atoms with van der Waals surface area (Å²) in [7, 11) is 0. The maximum atomic E-state index is 12.2. The molecule has 236 valence electrons. The number of ketones is 2. The summed E-state index contributed by atoms with van der Waals surface area (Å²) in [4.78, 5) is 24.5. The van der Waals surface area contributed by atoms with Crippen molar-refractivity contribution in [1.82, 2.24) is 0 Å². The van der Waals surface area contributed by atoms with Crippen molar-refractivity contribution in [1.29, 1.82) is 0 Å². The Morgan fingerprint density at radius 3 is 1.20 bits per heavy atom. The van der Waals surface area contributed by atoms with Gasteiger partial charge in [0.1, 0.15) is 12.2 Å². The average Bonchev–Trinajstić information content (AvgIpc) is 2.92. The van der Waals surface area contributed by atoms with E-state index in [-0.39, 0.29) is 22.4 Å². The van der Waals surface area contributed by atoms with E-state index in [9.17, 15) is 19.8 Å². The molecule has 0 aliphatic heterocycles. The summed E-state index contributed by atoms with van der Waals surface area (Å²) in [6.45, 7) is 20.0. The Morgan fingerprint density at radius 2 is 0.864 bits per heavy atom. The Morgan fingerprint density at radius 1 is 0.568 bits per heavy atom. The van der Waals surface area contributed by atoms with Gasteiger partial charge in [0.05, 0.1) is 0 Å². The smallest absolute Gasteiger partial charge is 0.187 e. The summed E-state index contributed by atoms with van der Waals surface area (Å²) in [5.74, 6) is -0.350. The van der Waals surface area contributed by atoms with E-state index in [0.29, 0.717) is 24.0 Å². The molecule has 2 N–H and O–H groups in total. The fourth-order valence-electron chi connectivity index (χ4n) is 5.62. The molecule has 0 aromatic rings. The Kier molecular flexibility index (Phi) is 13.2. The summed E-state index contributed by atoms with van der Waals surface area (Å²) in [6.07, 6.45) is 27.5. The predicted molar refractivity (Wildman–Crippen MR) is 185 cm³/mol. The van der Waals surface area contributed by atoms with Crippen molar-refractivity contribution < 1.29 is 19.8 Å². The van der Waals surface area contributed by atoms with E-state index in [1.54, 1.807) is 13.8 Å². The van der Waals surface area contributed by atoms with Crippen LogP contribution < -0.4 is 0 Å². The van der Waals surface area contributed by atoms with Crippen LogP contribution in [0.15, 0.2) is 130 Å². The summed E-state index contributed by atoms with van der Waals surface area (Å²) in [5, 5.41) is 20.0. The van der Waals surface area contributed by atoms with Crippen molar-refractivity contribution in [2.45, 2.75) is 94.3 Å². The first-order chi connectivity index (χ1) is 20.5. The predicted octanol–water partition coefficient (Wildman–Crippen LogP) is 8.91. The Bertz CT molecular complexity index is 1340. The van der Waals surface area contributed by atoms with Crippen molar-refractivity contribution in [3.63, 3.8) is 0 Å². The molecule has 2 aliphatic carbocycles. The fraction of sp³-hybridized carbons (Fsp3) is 0.400. The molecule has 0 fully saturated rings. The Balaban J connectivity index is 1.95. The largest absolute Gasteiger partial charge is 0.385 e. The number of aliphatic hydroxyl groups excluding tert-OH is 2. The van der Waals surface area contributed by atoms with E-state index < -0.39 is 12.2 Å². The second-order valence-electron chi connectivity index (χ2n) is 13.4. The lowest BCUT2D eigenvalue weighted by atomic mass is 9.71. The highest BCUT2D eigenvalue weighted by Crippen LogP contribution is 2.40. The van der Waals surface area contributed by atoms with E-state index >= 15 is 0 Å². The average molecular weight is 597 g/mol. The molecule has 0 spiro atoms. The van der Waals surface area contributed by atoms with Gasteiger partial charge >= 0.3 is 0 Å². The second kappa shape index (κ2) is 15.9. The lowest BCUT2D eigenvalue weighted by Crippen LogP contribution is -2.35. The topological polar surface area (TPSA) is 74.6 Å². The molecule has 44 heavy (non-hydrogen) atoms. The molecule has 0 saturated heterocycles. The number of allylic oxidation sites excluding steroid dienone is 20. The van der Waals surface area contributed by atoms with Gasteiger partial charge in [-0.25, -0.2) is 0 Å². The van der Waals surface area contributed by atoms with Crippen LogP contribution in [-0.4, -0.2) is 34.0 Å². The minimum atomic E-state index is -0.907. The third kappa shape index (κ3) is 10.5. The first-order valence-corrected chi connectivity index (χ1v) is 15.4. The van der Waals surface area contributed by atoms with Gasteiger partial charge in [0, 0.05) is 0 Å². The molecule has 2 aliphatic rings. The summed E-state index contributed by atoms with van der Waals surface area (Å²) < 4.78 is 0. The molecule has 0 heterocycles. The maximum absolute atomic E-state index is 12.2. The van der Waals surface area contributed by atoms with Gasteiger partial charge in [0.2, 0.25) is 0 Å².